The smallest absolute Gasteiger partial charge is 0.124 e. The van der Waals surface area contributed by atoms with Crippen molar-refractivity contribution in [3.05, 3.63) is 70.8 Å². The van der Waals surface area contributed by atoms with Crippen LogP contribution in [0.25, 0.3) is 0 Å². The number of carbonyl (C=O) groups is 1. The van der Waals surface area contributed by atoms with Crippen molar-refractivity contribution in [3.8, 4) is 0 Å². The predicted octanol–water partition coefficient (Wildman–Crippen LogP) is 3.46. The second-order valence-corrected chi connectivity index (χ2v) is 6.08. The number of fused-ring (bicyclic) bond motifs is 8. The van der Waals surface area contributed by atoms with Gasteiger partial charge in [0.2, 0.25) is 0 Å². The highest BCUT2D eigenvalue weighted by Crippen LogP contribution is 2.73. The van der Waals surface area contributed by atoms with Gasteiger partial charge in [-0.2, -0.15) is 0 Å². The van der Waals surface area contributed by atoms with Crippen LogP contribution in [0.2, 0.25) is 0 Å². The third-order valence-electron chi connectivity index (χ3n) is 5.44. The third-order valence-corrected chi connectivity index (χ3v) is 5.44. The maximum Gasteiger partial charge on any atom is 0.124 e. The lowest BCUT2D eigenvalue weighted by molar-refractivity contribution is -0.112. The van der Waals surface area contributed by atoms with E-state index in [2.05, 4.69) is 48.5 Å². The minimum Gasteiger partial charge on any atom is -0.303 e. The Balaban J connectivity index is 1.87. The summed E-state index contributed by atoms with van der Waals surface area (Å²) in [6.45, 7) is 0. The molecule has 2 aromatic carbocycles. The SMILES string of the molecule is O=CC1C2c3ccccc3C3C(c4ccccc42)C13. The Morgan fingerprint density at radius 2 is 1.21 bits per heavy atom. The van der Waals surface area contributed by atoms with E-state index >= 15 is 0 Å². The van der Waals surface area contributed by atoms with E-state index in [0.717, 1.165) is 0 Å². The summed E-state index contributed by atoms with van der Waals surface area (Å²) >= 11 is 0. The largest absolute Gasteiger partial charge is 0.303 e. The Labute approximate surface area is 112 Å². The second kappa shape index (κ2) is 3.16. The van der Waals surface area contributed by atoms with E-state index in [1.165, 1.54) is 28.5 Å². The van der Waals surface area contributed by atoms with Gasteiger partial charge in [-0.1, -0.05) is 48.5 Å². The van der Waals surface area contributed by atoms with Crippen LogP contribution in [0.4, 0.5) is 0 Å². The Morgan fingerprint density at radius 3 is 1.68 bits per heavy atom. The minimum absolute atomic E-state index is 0.194. The number of hydrogen-bond donors (Lipinski definition) is 0. The Bertz CT molecular complexity index is 649. The van der Waals surface area contributed by atoms with Crippen LogP contribution >= 0.6 is 0 Å². The molecule has 3 atom stereocenters. The van der Waals surface area contributed by atoms with E-state index in [4.69, 9.17) is 0 Å². The van der Waals surface area contributed by atoms with Gasteiger partial charge in [-0.25, -0.2) is 0 Å². The summed E-state index contributed by atoms with van der Waals surface area (Å²) in [5.74, 6) is 2.23. The van der Waals surface area contributed by atoms with Gasteiger partial charge in [0.05, 0.1) is 0 Å². The average Bonchev–Trinajstić information content (AvgIpc) is 3.24. The molecule has 0 N–H and O–H groups in total. The van der Waals surface area contributed by atoms with Crippen molar-refractivity contribution in [3.63, 3.8) is 0 Å². The van der Waals surface area contributed by atoms with Crippen LogP contribution in [0.15, 0.2) is 48.5 Å². The number of aldehydes is 1. The molecule has 1 saturated carbocycles. The fraction of sp³-hybridized carbons (Fsp3) is 0.278. The molecule has 3 aliphatic carbocycles. The second-order valence-electron chi connectivity index (χ2n) is 6.08. The maximum absolute atomic E-state index is 11.6. The predicted molar refractivity (Wildman–Crippen MR) is 73.3 cm³/mol. The van der Waals surface area contributed by atoms with E-state index in [0.29, 0.717) is 23.7 Å². The number of hydrogen-bond acceptors (Lipinski definition) is 1. The summed E-state index contributed by atoms with van der Waals surface area (Å²) in [5, 5.41) is 0. The summed E-state index contributed by atoms with van der Waals surface area (Å²) in [4.78, 5) is 11.6. The molecular weight excluding hydrogens is 232 g/mol. The van der Waals surface area contributed by atoms with Crippen LogP contribution in [0.3, 0.4) is 0 Å². The molecular formula is C18H14O. The topological polar surface area (TPSA) is 17.1 Å². The zero-order valence-electron chi connectivity index (χ0n) is 10.5. The van der Waals surface area contributed by atoms with E-state index in [1.807, 2.05) is 0 Å². The zero-order valence-corrected chi connectivity index (χ0v) is 10.5. The molecule has 3 unspecified atom stereocenters. The summed E-state index contributed by atoms with van der Waals surface area (Å²) in [7, 11) is 0. The number of rotatable bonds is 1. The number of benzene rings is 2. The summed E-state index contributed by atoms with van der Waals surface area (Å²) in [5.41, 5.74) is 5.79. The average molecular weight is 246 g/mol. The van der Waals surface area contributed by atoms with Gasteiger partial charge in [0.15, 0.2) is 0 Å². The highest BCUT2D eigenvalue weighted by Gasteiger charge is 2.64. The van der Waals surface area contributed by atoms with Gasteiger partial charge in [0.25, 0.3) is 0 Å². The van der Waals surface area contributed by atoms with Crippen LogP contribution < -0.4 is 0 Å². The molecule has 0 radical (unpaired) electrons. The van der Waals surface area contributed by atoms with Crippen LogP contribution in [-0.4, -0.2) is 6.29 Å². The van der Waals surface area contributed by atoms with Crippen molar-refractivity contribution in [1.82, 2.24) is 0 Å². The molecule has 5 rings (SSSR count). The molecule has 0 aliphatic heterocycles. The van der Waals surface area contributed by atoms with Gasteiger partial charge >= 0.3 is 0 Å². The molecule has 1 fully saturated rings. The van der Waals surface area contributed by atoms with E-state index in [-0.39, 0.29) is 5.92 Å². The van der Waals surface area contributed by atoms with Gasteiger partial charge in [-0.05, 0) is 40.0 Å². The van der Waals surface area contributed by atoms with Crippen LogP contribution in [0, 0.1) is 11.8 Å². The highest BCUT2D eigenvalue weighted by molar-refractivity contribution is 5.70. The Kier molecular flexibility index (Phi) is 1.66. The molecule has 92 valence electrons. The molecule has 0 saturated heterocycles. The standard InChI is InChI=1S/C18H14O/c19-9-14-15-10-5-1-3-7-12(10)16-17(18(14)16)13-8-4-2-6-11(13)15/h1-9,14-18H. The van der Waals surface area contributed by atoms with Crippen molar-refractivity contribution >= 4 is 6.29 Å². The highest BCUT2D eigenvalue weighted by atomic mass is 16.1. The van der Waals surface area contributed by atoms with Crippen molar-refractivity contribution < 1.29 is 4.79 Å². The normalized spacial score (nSPS) is 36.1. The van der Waals surface area contributed by atoms with E-state index in [1.54, 1.807) is 0 Å². The first-order chi connectivity index (χ1) is 9.42. The summed E-state index contributed by atoms with van der Waals surface area (Å²) in [6, 6.07) is 17.5. The molecule has 3 aliphatic rings. The zero-order chi connectivity index (χ0) is 12.6. The fourth-order valence-electron chi connectivity index (χ4n) is 4.78. The van der Waals surface area contributed by atoms with E-state index in [9.17, 15) is 4.79 Å². The molecule has 0 amide bonds. The fourth-order valence-corrected chi connectivity index (χ4v) is 4.78. The molecule has 19 heavy (non-hydrogen) atoms. The minimum atomic E-state index is 0.194. The van der Waals surface area contributed by atoms with Crippen molar-refractivity contribution in [1.29, 1.82) is 0 Å². The Morgan fingerprint density at radius 1 is 0.737 bits per heavy atom. The van der Waals surface area contributed by atoms with Crippen LogP contribution in [0.1, 0.15) is 40.0 Å². The van der Waals surface area contributed by atoms with Gasteiger partial charge in [-0.15, -0.1) is 0 Å². The maximum atomic E-state index is 11.6. The van der Waals surface area contributed by atoms with E-state index < -0.39 is 0 Å². The van der Waals surface area contributed by atoms with Gasteiger partial charge in [-0.3, -0.25) is 0 Å². The molecule has 0 heterocycles. The molecule has 2 aromatic rings. The third kappa shape index (κ3) is 1.02. The quantitative estimate of drug-likeness (QED) is 0.704. The van der Waals surface area contributed by atoms with Gasteiger partial charge < -0.3 is 4.79 Å². The van der Waals surface area contributed by atoms with Crippen LogP contribution in [-0.2, 0) is 4.79 Å². The number of carbonyl (C=O) groups excluding carboxylic acids is 1. The molecule has 1 nitrogen and oxygen atoms in total. The summed E-state index contributed by atoms with van der Waals surface area (Å²) in [6.07, 6.45) is 1.22. The van der Waals surface area contributed by atoms with Crippen molar-refractivity contribution in [2.45, 2.75) is 17.8 Å². The lowest BCUT2D eigenvalue weighted by Crippen LogP contribution is -2.26. The molecule has 2 bridgehead atoms. The van der Waals surface area contributed by atoms with Crippen LogP contribution in [0.5, 0.6) is 0 Å². The molecule has 1 heteroatoms. The van der Waals surface area contributed by atoms with Gasteiger partial charge in [0.1, 0.15) is 6.29 Å². The first-order valence-electron chi connectivity index (χ1n) is 7.05. The van der Waals surface area contributed by atoms with Crippen molar-refractivity contribution in [2.75, 3.05) is 0 Å². The van der Waals surface area contributed by atoms with Gasteiger partial charge in [0, 0.05) is 11.8 Å². The summed E-state index contributed by atoms with van der Waals surface area (Å²) < 4.78 is 0. The molecule has 0 aromatic heterocycles. The van der Waals surface area contributed by atoms with Crippen molar-refractivity contribution in [2.24, 2.45) is 11.8 Å². The Hall–Kier alpha value is -1.89. The monoisotopic (exact) mass is 246 g/mol. The first-order valence-corrected chi connectivity index (χ1v) is 7.05. The lowest BCUT2D eigenvalue weighted by atomic mass is 9.69. The lowest BCUT2D eigenvalue weighted by Gasteiger charge is -2.33. The molecule has 0 spiro atoms. The first kappa shape index (κ1) is 9.96.